The molecule has 4 saturated carbocycles. The van der Waals surface area contributed by atoms with Gasteiger partial charge in [0, 0.05) is 5.54 Å². The van der Waals surface area contributed by atoms with E-state index < -0.39 is 17.5 Å². The molecule has 0 aromatic rings. The molecule has 1 amide bonds. The molecule has 4 bridgehead atoms. The summed E-state index contributed by atoms with van der Waals surface area (Å²) in [7, 11) is 0. The van der Waals surface area contributed by atoms with Gasteiger partial charge in [0.05, 0.1) is 5.41 Å². The molecule has 4 rings (SSSR count). The molecule has 5 nitrogen and oxygen atoms in total. The summed E-state index contributed by atoms with van der Waals surface area (Å²) in [4.78, 5) is 23.5. The van der Waals surface area contributed by atoms with E-state index in [2.05, 4.69) is 11.9 Å². The third kappa shape index (κ3) is 2.09. The van der Waals surface area contributed by atoms with Gasteiger partial charge in [-0.2, -0.15) is 0 Å². The van der Waals surface area contributed by atoms with Gasteiger partial charge in [-0.1, -0.05) is 12.7 Å². The highest BCUT2D eigenvalue weighted by atomic mass is 16.5. The number of nitrogens with one attached hydrogen (secondary N) is 1. The summed E-state index contributed by atoms with van der Waals surface area (Å²) in [5.74, 6) is 0.149. The Morgan fingerprint density at radius 2 is 1.95 bits per heavy atom. The first-order valence-corrected chi connectivity index (χ1v) is 7.26. The first-order chi connectivity index (χ1) is 9.47. The average Bonchev–Trinajstić information content (AvgIpc) is 2.34. The molecule has 5 heteroatoms. The van der Waals surface area contributed by atoms with Crippen LogP contribution in [-0.4, -0.2) is 29.3 Å². The van der Waals surface area contributed by atoms with Crippen LogP contribution >= 0.6 is 0 Å². The van der Waals surface area contributed by atoms with Crippen molar-refractivity contribution in [2.45, 2.75) is 44.1 Å². The summed E-state index contributed by atoms with van der Waals surface area (Å²) in [6.07, 6.45) is 6.05. The van der Waals surface area contributed by atoms with E-state index in [-0.39, 0.29) is 12.1 Å². The highest BCUT2D eigenvalue weighted by molar-refractivity contribution is 5.76. The number of amides is 1. The largest absolute Gasteiger partial charge is 0.481 e. The highest BCUT2D eigenvalue weighted by Crippen LogP contribution is 2.61. The molecule has 0 heterocycles. The maximum Gasteiger partial charge on any atom is 0.407 e. The van der Waals surface area contributed by atoms with Crippen LogP contribution in [0.4, 0.5) is 4.79 Å². The average molecular weight is 279 g/mol. The van der Waals surface area contributed by atoms with Gasteiger partial charge in [0.1, 0.15) is 6.61 Å². The van der Waals surface area contributed by atoms with Gasteiger partial charge in [-0.15, -0.1) is 0 Å². The molecule has 0 aromatic heterocycles. The van der Waals surface area contributed by atoms with Crippen LogP contribution in [0, 0.1) is 17.3 Å². The molecule has 110 valence electrons. The number of hydrogen-bond donors (Lipinski definition) is 2. The normalized spacial score (nSPS) is 41.2. The van der Waals surface area contributed by atoms with E-state index in [0.29, 0.717) is 18.3 Å². The fourth-order valence-electron chi connectivity index (χ4n) is 5.05. The molecule has 20 heavy (non-hydrogen) atoms. The van der Waals surface area contributed by atoms with E-state index in [1.54, 1.807) is 0 Å². The van der Waals surface area contributed by atoms with Gasteiger partial charge in [0.15, 0.2) is 0 Å². The third-order valence-corrected chi connectivity index (χ3v) is 5.21. The molecule has 0 aliphatic heterocycles. The fraction of sp³-hybridized carbons (Fsp3) is 0.733. The topological polar surface area (TPSA) is 75.6 Å². The lowest BCUT2D eigenvalue weighted by atomic mass is 9.47. The molecule has 2 atom stereocenters. The highest BCUT2D eigenvalue weighted by Gasteiger charge is 2.61. The van der Waals surface area contributed by atoms with E-state index in [4.69, 9.17) is 4.74 Å². The van der Waals surface area contributed by atoms with E-state index in [1.807, 2.05) is 0 Å². The lowest BCUT2D eigenvalue weighted by molar-refractivity contribution is -0.168. The number of ether oxygens (including phenoxy) is 1. The van der Waals surface area contributed by atoms with Gasteiger partial charge in [0.2, 0.25) is 0 Å². The van der Waals surface area contributed by atoms with Crippen LogP contribution in [0.25, 0.3) is 0 Å². The van der Waals surface area contributed by atoms with Crippen LogP contribution < -0.4 is 5.32 Å². The van der Waals surface area contributed by atoms with E-state index in [0.717, 1.165) is 32.1 Å². The van der Waals surface area contributed by atoms with E-state index in [9.17, 15) is 14.7 Å². The quantitative estimate of drug-likeness (QED) is 0.774. The van der Waals surface area contributed by atoms with Crippen LogP contribution in [0.15, 0.2) is 12.7 Å². The Hall–Kier alpha value is -1.52. The first kappa shape index (κ1) is 13.5. The Morgan fingerprint density at radius 3 is 2.50 bits per heavy atom. The summed E-state index contributed by atoms with van der Waals surface area (Å²) < 4.78 is 5.01. The summed E-state index contributed by atoms with van der Waals surface area (Å²) in [5.41, 5.74) is -1.00. The second-order valence-electron chi connectivity index (χ2n) is 6.84. The zero-order valence-electron chi connectivity index (χ0n) is 11.6. The third-order valence-electron chi connectivity index (χ3n) is 5.21. The molecule has 4 fully saturated rings. The van der Waals surface area contributed by atoms with Crippen LogP contribution in [0.1, 0.15) is 38.5 Å². The van der Waals surface area contributed by atoms with Crippen molar-refractivity contribution < 1.29 is 19.4 Å². The Balaban J connectivity index is 1.78. The molecule has 4 aliphatic carbocycles. The van der Waals surface area contributed by atoms with Gasteiger partial charge in [0.25, 0.3) is 0 Å². The van der Waals surface area contributed by atoms with Crippen LogP contribution in [0.3, 0.4) is 0 Å². The number of carbonyl (C=O) groups is 2. The number of alkyl carbamates (subject to hydrolysis) is 1. The van der Waals surface area contributed by atoms with Gasteiger partial charge in [-0.3, -0.25) is 4.79 Å². The minimum absolute atomic E-state index is 0.179. The first-order valence-electron chi connectivity index (χ1n) is 7.26. The van der Waals surface area contributed by atoms with Gasteiger partial charge < -0.3 is 15.2 Å². The summed E-state index contributed by atoms with van der Waals surface area (Å²) in [6, 6.07) is 0. The van der Waals surface area contributed by atoms with Crippen LogP contribution in [-0.2, 0) is 9.53 Å². The van der Waals surface area contributed by atoms with Crippen molar-refractivity contribution in [3.05, 3.63) is 12.7 Å². The summed E-state index contributed by atoms with van der Waals surface area (Å²) in [6.45, 7) is 3.69. The van der Waals surface area contributed by atoms with Crippen molar-refractivity contribution in [3.8, 4) is 0 Å². The van der Waals surface area contributed by atoms with Gasteiger partial charge in [-0.25, -0.2) is 4.79 Å². The van der Waals surface area contributed by atoms with Crippen LogP contribution in [0.2, 0.25) is 0 Å². The van der Waals surface area contributed by atoms with Crippen molar-refractivity contribution in [2.75, 3.05) is 6.61 Å². The summed E-state index contributed by atoms with van der Waals surface area (Å²) in [5, 5.41) is 12.6. The summed E-state index contributed by atoms with van der Waals surface area (Å²) >= 11 is 0. The minimum atomic E-state index is -0.697. The second kappa shape index (κ2) is 4.50. The Labute approximate surface area is 118 Å². The predicted molar refractivity (Wildman–Crippen MR) is 72.2 cm³/mol. The molecule has 0 spiro atoms. The number of hydrogen-bond acceptors (Lipinski definition) is 3. The number of aliphatic carboxylic acids is 1. The van der Waals surface area contributed by atoms with Crippen LogP contribution in [0.5, 0.6) is 0 Å². The number of carbonyl (C=O) groups excluding carboxylic acids is 1. The molecular formula is C15H21NO4. The molecule has 2 N–H and O–H groups in total. The maximum absolute atomic E-state index is 11.8. The fourth-order valence-corrected chi connectivity index (χ4v) is 5.05. The smallest absolute Gasteiger partial charge is 0.407 e. The maximum atomic E-state index is 11.8. The van der Waals surface area contributed by atoms with Crippen molar-refractivity contribution >= 4 is 12.1 Å². The van der Waals surface area contributed by atoms with Crippen molar-refractivity contribution in [1.82, 2.24) is 5.32 Å². The molecule has 2 unspecified atom stereocenters. The van der Waals surface area contributed by atoms with Crippen molar-refractivity contribution in [1.29, 1.82) is 0 Å². The molecule has 0 radical (unpaired) electrons. The Bertz CT molecular complexity index is 445. The number of carboxylic acid groups (broad SMARTS) is 1. The SMILES string of the molecule is C=CCOC(=O)NC12CC3CC(C1)CC(C(=O)O)(C3)C2. The van der Waals surface area contributed by atoms with Gasteiger partial charge in [-0.05, 0) is 50.4 Å². The molecular weight excluding hydrogens is 258 g/mol. The lowest BCUT2D eigenvalue weighted by Gasteiger charge is -2.60. The van der Waals surface area contributed by atoms with E-state index in [1.165, 1.54) is 6.08 Å². The van der Waals surface area contributed by atoms with E-state index >= 15 is 0 Å². The Kier molecular flexibility index (Phi) is 3.03. The zero-order chi connectivity index (χ0) is 14.4. The van der Waals surface area contributed by atoms with Crippen molar-refractivity contribution in [2.24, 2.45) is 17.3 Å². The zero-order valence-corrected chi connectivity index (χ0v) is 11.6. The monoisotopic (exact) mass is 279 g/mol. The second-order valence-corrected chi connectivity index (χ2v) is 6.84. The lowest BCUT2D eigenvalue weighted by Crippen LogP contribution is -2.64. The predicted octanol–water partition coefficient (Wildman–Crippen LogP) is 2.32. The number of carboxylic acids is 1. The van der Waals surface area contributed by atoms with Gasteiger partial charge >= 0.3 is 12.1 Å². The number of rotatable bonds is 4. The minimum Gasteiger partial charge on any atom is -0.481 e. The Morgan fingerprint density at radius 1 is 1.30 bits per heavy atom. The van der Waals surface area contributed by atoms with Crippen molar-refractivity contribution in [3.63, 3.8) is 0 Å². The molecule has 4 aliphatic rings. The standard InChI is InChI=1S/C15H21NO4/c1-2-3-20-13(19)16-15-7-10-4-11(8-15)6-14(5-10,9-15)12(17)18/h2,10-11H,1,3-9H2,(H,16,19)(H,17,18). The molecule has 0 saturated heterocycles. The molecule has 0 aromatic carbocycles.